The van der Waals surface area contributed by atoms with Crippen LogP contribution in [0.15, 0.2) is 23.8 Å². The van der Waals surface area contributed by atoms with Crippen LogP contribution in [0, 0.1) is 46.3 Å². The van der Waals surface area contributed by atoms with Crippen molar-refractivity contribution in [3.8, 4) is 0 Å². The Bertz CT molecular complexity index is 595. The maximum Gasteiger partial charge on any atom is -0.00477 e. The fraction of sp³-hybridized carbons (Fsp3) is 0.852. The van der Waals surface area contributed by atoms with Crippen LogP contribution >= 0.6 is 0 Å². The molecule has 3 fully saturated rings. The van der Waals surface area contributed by atoms with E-state index in [4.69, 9.17) is 0 Å². The van der Waals surface area contributed by atoms with E-state index in [1.165, 1.54) is 64.2 Å². The van der Waals surface area contributed by atoms with Crippen molar-refractivity contribution < 1.29 is 0 Å². The summed E-state index contributed by atoms with van der Waals surface area (Å²) in [4.78, 5) is 0. The first kappa shape index (κ1) is 19.8. The van der Waals surface area contributed by atoms with E-state index < -0.39 is 0 Å². The Kier molecular flexibility index (Phi) is 5.41. The second kappa shape index (κ2) is 7.38. The molecule has 27 heavy (non-hydrogen) atoms. The zero-order valence-electron chi connectivity index (χ0n) is 18.8. The van der Waals surface area contributed by atoms with E-state index in [2.05, 4.69) is 52.8 Å². The zero-order valence-corrected chi connectivity index (χ0v) is 18.8. The van der Waals surface area contributed by atoms with Gasteiger partial charge in [0.2, 0.25) is 0 Å². The first-order valence-electron chi connectivity index (χ1n) is 12.2. The van der Waals surface area contributed by atoms with Crippen molar-refractivity contribution in [3.63, 3.8) is 0 Å². The third-order valence-corrected chi connectivity index (χ3v) is 9.91. The SMILES string of the molecule is CC(C)CCC[C@@H](C)[C@@H]1CC[C@@H]2[C@H]3CCC4=CC=CC[C@]4(C)[C@@H]3CC[C@@]21C. The second-order valence-electron chi connectivity index (χ2n) is 11.7. The Morgan fingerprint density at radius 1 is 1.00 bits per heavy atom. The van der Waals surface area contributed by atoms with Gasteiger partial charge < -0.3 is 0 Å². The molecule has 0 aromatic carbocycles. The molecule has 0 aromatic rings. The molecule has 0 aromatic heterocycles. The summed E-state index contributed by atoms with van der Waals surface area (Å²) >= 11 is 0. The molecule has 7 atom stereocenters. The van der Waals surface area contributed by atoms with Gasteiger partial charge in [-0.25, -0.2) is 0 Å². The van der Waals surface area contributed by atoms with Crippen molar-refractivity contribution in [2.45, 2.75) is 98.8 Å². The summed E-state index contributed by atoms with van der Waals surface area (Å²) in [6, 6.07) is 0. The molecule has 0 spiro atoms. The van der Waals surface area contributed by atoms with E-state index in [0.717, 1.165) is 35.5 Å². The van der Waals surface area contributed by atoms with Crippen LogP contribution in [0.2, 0.25) is 0 Å². The average Bonchev–Trinajstić information content (AvgIpc) is 2.98. The topological polar surface area (TPSA) is 0 Å². The normalized spacial score (nSPS) is 44.4. The Morgan fingerprint density at radius 3 is 2.59 bits per heavy atom. The average molecular weight is 369 g/mol. The van der Waals surface area contributed by atoms with Gasteiger partial charge in [0.25, 0.3) is 0 Å². The molecule has 0 nitrogen and oxygen atoms in total. The van der Waals surface area contributed by atoms with Gasteiger partial charge in [0.05, 0.1) is 0 Å². The van der Waals surface area contributed by atoms with Gasteiger partial charge in [-0.1, -0.05) is 77.7 Å². The first-order valence-corrected chi connectivity index (χ1v) is 12.2. The quantitative estimate of drug-likeness (QED) is 0.459. The molecule has 3 saturated carbocycles. The largest absolute Gasteiger partial charge is 0.0837 e. The van der Waals surface area contributed by atoms with Crippen LogP contribution in [0.25, 0.3) is 0 Å². The van der Waals surface area contributed by atoms with Crippen LogP contribution in [0.1, 0.15) is 98.8 Å². The third kappa shape index (κ3) is 3.28. The molecule has 0 amide bonds. The molecular weight excluding hydrogens is 324 g/mol. The summed E-state index contributed by atoms with van der Waals surface area (Å²) in [5, 5.41) is 0. The monoisotopic (exact) mass is 368 g/mol. The fourth-order valence-corrected chi connectivity index (χ4v) is 8.40. The van der Waals surface area contributed by atoms with Crippen molar-refractivity contribution in [2.24, 2.45) is 46.3 Å². The van der Waals surface area contributed by atoms with Crippen LogP contribution in [0.5, 0.6) is 0 Å². The minimum absolute atomic E-state index is 0.486. The molecule has 0 bridgehead atoms. The van der Waals surface area contributed by atoms with E-state index in [1.807, 2.05) is 0 Å². The van der Waals surface area contributed by atoms with Crippen molar-refractivity contribution in [3.05, 3.63) is 23.8 Å². The lowest BCUT2D eigenvalue weighted by Gasteiger charge is -2.58. The molecule has 0 saturated heterocycles. The number of rotatable bonds is 5. The molecule has 0 unspecified atom stereocenters. The van der Waals surface area contributed by atoms with Crippen molar-refractivity contribution in [2.75, 3.05) is 0 Å². The van der Waals surface area contributed by atoms with E-state index in [0.29, 0.717) is 10.8 Å². The van der Waals surface area contributed by atoms with Gasteiger partial charge in [0, 0.05) is 0 Å². The summed E-state index contributed by atoms with van der Waals surface area (Å²) in [6.07, 6.45) is 21.8. The van der Waals surface area contributed by atoms with Crippen LogP contribution < -0.4 is 0 Å². The van der Waals surface area contributed by atoms with Gasteiger partial charge in [-0.2, -0.15) is 0 Å². The fourth-order valence-electron chi connectivity index (χ4n) is 8.40. The van der Waals surface area contributed by atoms with Gasteiger partial charge in [0.1, 0.15) is 0 Å². The Labute approximate surface area is 169 Å². The molecule has 0 heteroatoms. The van der Waals surface area contributed by atoms with Gasteiger partial charge in [-0.3, -0.25) is 0 Å². The number of hydrogen-bond donors (Lipinski definition) is 0. The van der Waals surface area contributed by atoms with Gasteiger partial charge in [-0.15, -0.1) is 0 Å². The standard InChI is InChI=1S/C27H44/c1-19(2)9-8-10-20(3)23-14-15-24-22-13-12-21-11-6-7-17-26(21,4)25(22)16-18-27(23,24)5/h6-7,11,19-20,22-25H,8-10,12-18H2,1-5H3/t20-,22-,23+,24-,25-,26+,27-/m1/s1. The summed E-state index contributed by atoms with van der Waals surface area (Å²) in [7, 11) is 0. The maximum absolute atomic E-state index is 2.72. The summed E-state index contributed by atoms with van der Waals surface area (Å²) in [6.45, 7) is 12.7. The van der Waals surface area contributed by atoms with E-state index in [-0.39, 0.29) is 0 Å². The summed E-state index contributed by atoms with van der Waals surface area (Å²) in [5.41, 5.74) is 2.91. The molecular formula is C27H44. The third-order valence-electron chi connectivity index (χ3n) is 9.91. The molecule has 0 aliphatic heterocycles. The van der Waals surface area contributed by atoms with Crippen molar-refractivity contribution in [1.29, 1.82) is 0 Å². The molecule has 4 rings (SSSR count). The lowest BCUT2D eigenvalue weighted by atomic mass is 9.47. The second-order valence-corrected chi connectivity index (χ2v) is 11.7. The van der Waals surface area contributed by atoms with E-state index in [9.17, 15) is 0 Å². The Morgan fingerprint density at radius 2 is 1.81 bits per heavy atom. The van der Waals surface area contributed by atoms with Gasteiger partial charge in [-0.05, 0) is 91.3 Å². The van der Waals surface area contributed by atoms with Crippen molar-refractivity contribution >= 4 is 0 Å². The number of hydrogen-bond acceptors (Lipinski definition) is 0. The predicted octanol–water partition coefficient (Wildman–Crippen LogP) is 8.19. The van der Waals surface area contributed by atoms with Crippen LogP contribution in [0.4, 0.5) is 0 Å². The highest BCUT2D eigenvalue weighted by molar-refractivity contribution is 5.30. The molecule has 4 aliphatic rings. The Hall–Kier alpha value is -0.520. The molecule has 0 radical (unpaired) electrons. The highest BCUT2D eigenvalue weighted by atomic mass is 14.6. The van der Waals surface area contributed by atoms with Gasteiger partial charge >= 0.3 is 0 Å². The summed E-state index contributed by atoms with van der Waals surface area (Å²) in [5.74, 6) is 5.77. The molecule has 152 valence electrons. The summed E-state index contributed by atoms with van der Waals surface area (Å²) < 4.78 is 0. The predicted molar refractivity (Wildman–Crippen MR) is 118 cm³/mol. The highest BCUT2D eigenvalue weighted by Crippen LogP contribution is 2.67. The van der Waals surface area contributed by atoms with Gasteiger partial charge in [0.15, 0.2) is 0 Å². The number of allylic oxidation sites excluding steroid dienone is 4. The van der Waals surface area contributed by atoms with E-state index >= 15 is 0 Å². The minimum atomic E-state index is 0.486. The highest BCUT2D eigenvalue weighted by Gasteiger charge is 2.58. The molecule has 0 N–H and O–H groups in total. The minimum Gasteiger partial charge on any atom is -0.0837 e. The zero-order chi connectivity index (χ0) is 19.2. The Balaban J connectivity index is 1.48. The van der Waals surface area contributed by atoms with Crippen LogP contribution in [0.3, 0.4) is 0 Å². The van der Waals surface area contributed by atoms with Crippen molar-refractivity contribution in [1.82, 2.24) is 0 Å². The molecule has 4 aliphatic carbocycles. The van der Waals surface area contributed by atoms with Crippen LogP contribution in [-0.4, -0.2) is 0 Å². The van der Waals surface area contributed by atoms with Crippen LogP contribution in [-0.2, 0) is 0 Å². The lowest BCUT2D eigenvalue weighted by Crippen LogP contribution is -2.50. The smallest absolute Gasteiger partial charge is 0.00477 e. The maximum atomic E-state index is 2.72. The number of fused-ring (bicyclic) bond motifs is 5. The molecule has 0 heterocycles. The first-order chi connectivity index (χ1) is 12.9. The van der Waals surface area contributed by atoms with E-state index in [1.54, 1.807) is 5.57 Å². The lowest BCUT2D eigenvalue weighted by molar-refractivity contribution is -0.0547.